The van der Waals surface area contributed by atoms with E-state index < -0.39 is 5.97 Å². The number of carbonyl (C=O) groups is 1. The van der Waals surface area contributed by atoms with Crippen LogP contribution in [-0.2, 0) is 6.54 Å². The zero-order valence-corrected chi connectivity index (χ0v) is 10.7. The highest BCUT2D eigenvalue weighted by atomic mass is 16.5. The summed E-state index contributed by atoms with van der Waals surface area (Å²) in [5.74, 6) is -0.173. The van der Waals surface area contributed by atoms with Gasteiger partial charge in [0.15, 0.2) is 11.5 Å². The summed E-state index contributed by atoms with van der Waals surface area (Å²) in [5.41, 5.74) is 1.20. The van der Waals surface area contributed by atoms with Gasteiger partial charge in [-0.1, -0.05) is 42.4 Å². The van der Waals surface area contributed by atoms with Gasteiger partial charge in [0.2, 0.25) is 0 Å². The molecule has 2 N–H and O–H groups in total. The number of aromatic carboxylic acids is 1. The van der Waals surface area contributed by atoms with Crippen LogP contribution in [0, 0.1) is 0 Å². The number of benzene rings is 1. The van der Waals surface area contributed by atoms with Crippen molar-refractivity contribution >= 4 is 5.97 Å². The average molecular weight is 260 g/mol. The summed E-state index contributed by atoms with van der Waals surface area (Å²) < 4.78 is 4.92. The van der Waals surface area contributed by atoms with Crippen LogP contribution in [-0.4, -0.2) is 22.8 Å². The van der Waals surface area contributed by atoms with Crippen LogP contribution in [0.1, 0.15) is 34.7 Å². The van der Waals surface area contributed by atoms with E-state index in [-0.39, 0.29) is 5.69 Å². The monoisotopic (exact) mass is 260 g/mol. The lowest BCUT2D eigenvalue weighted by Gasteiger charge is -2.11. The normalized spacial score (nSPS) is 12.3. The molecule has 0 saturated carbocycles. The molecule has 0 bridgehead atoms. The highest BCUT2D eigenvalue weighted by Gasteiger charge is 2.10. The minimum absolute atomic E-state index is 0.0621. The largest absolute Gasteiger partial charge is 0.476 e. The standard InChI is InChI=1S/C14H16N2O3/c1-10(11-5-3-2-4-6-11)8-15-9-12-7-13(14(17)18)16-19-12/h2-7,10,15H,8-9H2,1H3,(H,17,18). The molecule has 1 aromatic heterocycles. The SMILES string of the molecule is CC(CNCc1cc(C(=O)O)no1)c1ccccc1. The van der Waals surface area contributed by atoms with Crippen molar-refractivity contribution < 1.29 is 14.4 Å². The molecule has 19 heavy (non-hydrogen) atoms. The molecule has 100 valence electrons. The van der Waals surface area contributed by atoms with E-state index in [4.69, 9.17) is 9.63 Å². The predicted molar refractivity (Wildman–Crippen MR) is 70.0 cm³/mol. The lowest BCUT2D eigenvalue weighted by atomic mass is 10.0. The lowest BCUT2D eigenvalue weighted by molar-refractivity contribution is 0.0685. The summed E-state index contributed by atoms with van der Waals surface area (Å²) in [6.07, 6.45) is 0. The van der Waals surface area contributed by atoms with Crippen molar-refractivity contribution in [3.05, 3.63) is 53.4 Å². The molecule has 0 aliphatic carbocycles. The van der Waals surface area contributed by atoms with Crippen LogP contribution in [0.15, 0.2) is 40.9 Å². The van der Waals surface area contributed by atoms with Gasteiger partial charge in [0, 0.05) is 12.6 Å². The molecule has 1 atom stereocenters. The van der Waals surface area contributed by atoms with Gasteiger partial charge in [-0.25, -0.2) is 4.79 Å². The molecule has 0 aliphatic rings. The maximum atomic E-state index is 10.6. The highest BCUT2D eigenvalue weighted by molar-refractivity contribution is 5.85. The van der Waals surface area contributed by atoms with Gasteiger partial charge in [0.25, 0.3) is 0 Å². The molecular formula is C14H16N2O3. The Bertz CT molecular complexity index is 537. The first-order valence-electron chi connectivity index (χ1n) is 6.11. The van der Waals surface area contributed by atoms with E-state index in [1.165, 1.54) is 11.6 Å². The number of nitrogens with one attached hydrogen (secondary N) is 1. The van der Waals surface area contributed by atoms with Crippen molar-refractivity contribution in [2.24, 2.45) is 0 Å². The Hall–Kier alpha value is -2.14. The maximum Gasteiger partial charge on any atom is 0.358 e. The fraction of sp³-hybridized carbons (Fsp3) is 0.286. The molecular weight excluding hydrogens is 244 g/mol. The van der Waals surface area contributed by atoms with Gasteiger partial charge in [0.1, 0.15) is 0 Å². The van der Waals surface area contributed by atoms with Gasteiger partial charge in [0.05, 0.1) is 6.54 Å². The van der Waals surface area contributed by atoms with E-state index in [0.29, 0.717) is 18.2 Å². The number of aromatic nitrogens is 1. The van der Waals surface area contributed by atoms with E-state index in [0.717, 1.165) is 6.54 Å². The molecule has 0 saturated heterocycles. The number of rotatable bonds is 6. The molecule has 0 radical (unpaired) electrons. The number of hydrogen-bond acceptors (Lipinski definition) is 4. The Morgan fingerprint density at radius 1 is 1.42 bits per heavy atom. The van der Waals surface area contributed by atoms with Gasteiger partial charge in [-0.05, 0) is 11.5 Å². The molecule has 1 aromatic carbocycles. The van der Waals surface area contributed by atoms with Crippen molar-refractivity contribution in [1.82, 2.24) is 10.5 Å². The maximum absolute atomic E-state index is 10.6. The van der Waals surface area contributed by atoms with Crippen LogP contribution in [0.2, 0.25) is 0 Å². The third-order valence-corrected chi connectivity index (χ3v) is 2.90. The Morgan fingerprint density at radius 2 is 2.16 bits per heavy atom. The average Bonchev–Trinajstić information content (AvgIpc) is 2.89. The predicted octanol–water partition coefficient (Wildman–Crippen LogP) is 2.27. The lowest BCUT2D eigenvalue weighted by Crippen LogP contribution is -2.19. The molecule has 5 nitrogen and oxygen atoms in total. The second-order valence-electron chi connectivity index (χ2n) is 4.43. The van der Waals surface area contributed by atoms with Gasteiger partial charge in [-0.15, -0.1) is 0 Å². The van der Waals surface area contributed by atoms with E-state index in [2.05, 4.69) is 29.5 Å². The third-order valence-electron chi connectivity index (χ3n) is 2.90. The summed E-state index contributed by atoms with van der Waals surface area (Å²) in [6, 6.07) is 11.6. The first kappa shape index (κ1) is 13.3. The molecule has 0 aliphatic heterocycles. The quantitative estimate of drug-likeness (QED) is 0.833. The Balaban J connectivity index is 1.81. The van der Waals surface area contributed by atoms with Crippen LogP contribution in [0.4, 0.5) is 0 Å². The number of nitrogens with zero attached hydrogens (tertiary/aromatic N) is 1. The Labute approximate surface area is 111 Å². The first-order chi connectivity index (χ1) is 9.16. The van der Waals surface area contributed by atoms with Crippen LogP contribution in [0.3, 0.4) is 0 Å². The van der Waals surface area contributed by atoms with Gasteiger partial charge in [-0.3, -0.25) is 0 Å². The number of carboxylic acids is 1. The zero-order valence-electron chi connectivity index (χ0n) is 10.7. The second kappa shape index (κ2) is 6.15. The summed E-state index contributed by atoms with van der Waals surface area (Å²) in [6.45, 7) is 3.38. The smallest absolute Gasteiger partial charge is 0.358 e. The van der Waals surface area contributed by atoms with Crippen molar-refractivity contribution in [2.45, 2.75) is 19.4 Å². The summed E-state index contributed by atoms with van der Waals surface area (Å²) >= 11 is 0. The molecule has 2 rings (SSSR count). The zero-order chi connectivity index (χ0) is 13.7. The van der Waals surface area contributed by atoms with Crippen LogP contribution in [0.25, 0.3) is 0 Å². The van der Waals surface area contributed by atoms with Crippen molar-refractivity contribution in [3.63, 3.8) is 0 Å². The summed E-state index contributed by atoms with van der Waals surface area (Å²) in [7, 11) is 0. The summed E-state index contributed by atoms with van der Waals surface area (Å²) in [4.78, 5) is 10.6. The van der Waals surface area contributed by atoms with E-state index >= 15 is 0 Å². The number of hydrogen-bond donors (Lipinski definition) is 2. The van der Waals surface area contributed by atoms with E-state index in [9.17, 15) is 4.79 Å². The molecule has 0 spiro atoms. The van der Waals surface area contributed by atoms with Crippen LogP contribution in [0.5, 0.6) is 0 Å². The Kier molecular flexibility index (Phi) is 4.30. The minimum Gasteiger partial charge on any atom is -0.476 e. The molecule has 1 heterocycles. The fourth-order valence-corrected chi connectivity index (χ4v) is 1.81. The van der Waals surface area contributed by atoms with Gasteiger partial charge in [-0.2, -0.15) is 0 Å². The van der Waals surface area contributed by atoms with Crippen molar-refractivity contribution in [1.29, 1.82) is 0 Å². The van der Waals surface area contributed by atoms with Gasteiger partial charge >= 0.3 is 5.97 Å². The third kappa shape index (κ3) is 3.66. The van der Waals surface area contributed by atoms with Crippen LogP contribution < -0.4 is 5.32 Å². The molecule has 1 unspecified atom stereocenters. The molecule has 0 fully saturated rings. The molecule has 0 amide bonds. The first-order valence-corrected chi connectivity index (χ1v) is 6.11. The van der Waals surface area contributed by atoms with Crippen molar-refractivity contribution in [2.75, 3.05) is 6.54 Å². The topological polar surface area (TPSA) is 75.4 Å². The second-order valence-corrected chi connectivity index (χ2v) is 4.43. The van der Waals surface area contributed by atoms with Crippen LogP contribution >= 0.6 is 0 Å². The highest BCUT2D eigenvalue weighted by Crippen LogP contribution is 2.13. The van der Waals surface area contributed by atoms with E-state index in [1.807, 2.05) is 18.2 Å². The Morgan fingerprint density at radius 3 is 2.79 bits per heavy atom. The molecule has 5 heteroatoms. The minimum atomic E-state index is -1.08. The molecule has 2 aromatic rings. The summed E-state index contributed by atoms with van der Waals surface area (Å²) in [5, 5.41) is 15.4. The van der Waals surface area contributed by atoms with Gasteiger partial charge < -0.3 is 14.9 Å². The number of carboxylic acid groups (broad SMARTS) is 1. The fourth-order valence-electron chi connectivity index (χ4n) is 1.81. The van der Waals surface area contributed by atoms with E-state index in [1.54, 1.807) is 0 Å². The van der Waals surface area contributed by atoms with Crippen molar-refractivity contribution in [3.8, 4) is 0 Å².